The summed E-state index contributed by atoms with van der Waals surface area (Å²) >= 11 is 0. The molecule has 0 aliphatic carbocycles. The Balaban J connectivity index is 0. The van der Waals surface area contributed by atoms with Gasteiger partial charge < -0.3 is 4.74 Å². The van der Waals surface area contributed by atoms with E-state index in [1.54, 1.807) is 0 Å². The minimum atomic E-state index is -0.182. The summed E-state index contributed by atoms with van der Waals surface area (Å²) in [4.78, 5) is 10.1. The van der Waals surface area contributed by atoms with Gasteiger partial charge in [0.25, 0.3) is 0 Å². The molecule has 0 N–H and O–H groups in total. The lowest BCUT2D eigenvalue weighted by Crippen LogP contribution is -2.08. The predicted octanol–water partition coefficient (Wildman–Crippen LogP) is 4.43. The Morgan fingerprint density at radius 1 is 1.25 bits per heavy atom. The van der Waals surface area contributed by atoms with Crippen LogP contribution in [0.25, 0.3) is 0 Å². The standard InChI is InChI=1S/C8H18.C6H12O2/c1-7(2)6-8(3,4)5;1-3-4-5-8-6(2)7/h7H,6H2,1-5H3;3-5H2,1-2H3. The minimum absolute atomic E-state index is 0.182. The van der Waals surface area contributed by atoms with E-state index in [1.165, 1.54) is 13.3 Å². The Bertz CT molecular complexity index is 166. The molecular formula is C14H30O2. The van der Waals surface area contributed by atoms with Gasteiger partial charge in [-0.2, -0.15) is 0 Å². The third-order valence-corrected chi connectivity index (χ3v) is 1.82. The van der Waals surface area contributed by atoms with Crippen molar-refractivity contribution in [2.24, 2.45) is 11.3 Å². The van der Waals surface area contributed by atoms with E-state index in [-0.39, 0.29) is 5.97 Å². The average molecular weight is 230 g/mol. The van der Waals surface area contributed by atoms with E-state index in [9.17, 15) is 4.79 Å². The van der Waals surface area contributed by atoms with Gasteiger partial charge >= 0.3 is 5.97 Å². The van der Waals surface area contributed by atoms with Crippen molar-refractivity contribution in [3.8, 4) is 0 Å². The smallest absolute Gasteiger partial charge is 0.302 e. The highest BCUT2D eigenvalue weighted by molar-refractivity contribution is 5.65. The Morgan fingerprint density at radius 2 is 1.75 bits per heavy atom. The maximum atomic E-state index is 10.1. The average Bonchev–Trinajstić information content (AvgIpc) is 2.00. The van der Waals surface area contributed by atoms with Crippen LogP contribution in [0.3, 0.4) is 0 Å². The molecule has 0 aromatic rings. The lowest BCUT2D eigenvalue weighted by molar-refractivity contribution is -0.141. The van der Waals surface area contributed by atoms with Crippen LogP contribution < -0.4 is 0 Å². The van der Waals surface area contributed by atoms with Crippen molar-refractivity contribution in [3.05, 3.63) is 0 Å². The number of unbranched alkanes of at least 4 members (excludes halogenated alkanes) is 1. The quantitative estimate of drug-likeness (QED) is 0.527. The number of carbonyl (C=O) groups is 1. The molecule has 0 aromatic heterocycles. The molecule has 0 fully saturated rings. The van der Waals surface area contributed by atoms with Gasteiger partial charge in [0.1, 0.15) is 0 Å². The summed E-state index contributed by atoms with van der Waals surface area (Å²) < 4.78 is 4.64. The second-order valence-corrected chi connectivity index (χ2v) is 5.85. The van der Waals surface area contributed by atoms with Crippen LogP contribution in [0, 0.1) is 11.3 Å². The monoisotopic (exact) mass is 230 g/mol. The van der Waals surface area contributed by atoms with Crippen molar-refractivity contribution in [2.45, 2.75) is 67.7 Å². The molecular weight excluding hydrogens is 200 g/mol. The zero-order valence-corrected chi connectivity index (χ0v) is 12.2. The summed E-state index contributed by atoms with van der Waals surface area (Å²) in [6, 6.07) is 0. The van der Waals surface area contributed by atoms with E-state index in [2.05, 4.69) is 46.3 Å². The summed E-state index contributed by atoms with van der Waals surface area (Å²) in [5, 5.41) is 0. The third kappa shape index (κ3) is 23.4. The molecule has 98 valence electrons. The van der Waals surface area contributed by atoms with Crippen molar-refractivity contribution < 1.29 is 9.53 Å². The molecule has 2 heteroatoms. The number of hydrogen-bond donors (Lipinski definition) is 0. The molecule has 0 bridgehead atoms. The minimum Gasteiger partial charge on any atom is -0.466 e. The van der Waals surface area contributed by atoms with Gasteiger partial charge in [0.05, 0.1) is 6.61 Å². The molecule has 0 aliphatic rings. The summed E-state index contributed by atoms with van der Waals surface area (Å²) in [6.45, 7) is 15.5. The van der Waals surface area contributed by atoms with Gasteiger partial charge in [0, 0.05) is 6.92 Å². The number of esters is 1. The van der Waals surface area contributed by atoms with Crippen LogP contribution >= 0.6 is 0 Å². The van der Waals surface area contributed by atoms with Gasteiger partial charge in [0.15, 0.2) is 0 Å². The zero-order valence-electron chi connectivity index (χ0n) is 12.2. The summed E-state index contributed by atoms with van der Waals surface area (Å²) in [5.41, 5.74) is 0.522. The fourth-order valence-electron chi connectivity index (χ4n) is 1.58. The van der Waals surface area contributed by atoms with E-state index >= 15 is 0 Å². The first kappa shape index (κ1) is 17.9. The second kappa shape index (κ2) is 9.68. The van der Waals surface area contributed by atoms with Crippen LogP contribution in [0.4, 0.5) is 0 Å². The van der Waals surface area contributed by atoms with E-state index in [1.807, 2.05) is 0 Å². The Labute approximate surface area is 102 Å². The number of hydrogen-bond acceptors (Lipinski definition) is 2. The van der Waals surface area contributed by atoms with Gasteiger partial charge in [-0.25, -0.2) is 0 Å². The number of carbonyl (C=O) groups excluding carboxylic acids is 1. The highest BCUT2D eigenvalue weighted by Gasteiger charge is 2.11. The number of rotatable bonds is 4. The first-order valence-electron chi connectivity index (χ1n) is 6.32. The number of ether oxygens (including phenoxy) is 1. The van der Waals surface area contributed by atoms with Crippen molar-refractivity contribution >= 4 is 5.97 Å². The molecule has 0 heterocycles. The molecule has 0 unspecified atom stereocenters. The van der Waals surface area contributed by atoms with Crippen molar-refractivity contribution in [3.63, 3.8) is 0 Å². The molecule has 0 amide bonds. The molecule has 0 aliphatic heterocycles. The van der Waals surface area contributed by atoms with Crippen LogP contribution in [-0.2, 0) is 9.53 Å². The molecule has 0 rings (SSSR count). The summed E-state index contributed by atoms with van der Waals surface area (Å²) in [5.74, 6) is 0.661. The van der Waals surface area contributed by atoms with Gasteiger partial charge in [-0.05, 0) is 24.2 Å². The molecule has 2 nitrogen and oxygen atoms in total. The first-order valence-corrected chi connectivity index (χ1v) is 6.32. The largest absolute Gasteiger partial charge is 0.466 e. The lowest BCUT2D eigenvalue weighted by atomic mass is 9.86. The van der Waals surface area contributed by atoms with E-state index in [4.69, 9.17) is 0 Å². The van der Waals surface area contributed by atoms with Crippen molar-refractivity contribution in [1.82, 2.24) is 0 Å². The molecule has 16 heavy (non-hydrogen) atoms. The van der Waals surface area contributed by atoms with E-state index < -0.39 is 0 Å². The third-order valence-electron chi connectivity index (χ3n) is 1.82. The van der Waals surface area contributed by atoms with Crippen molar-refractivity contribution in [2.75, 3.05) is 6.61 Å². The second-order valence-electron chi connectivity index (χ2n) is 5.85. The van der Waals surface area contributed by atoms with Gasteiger partial charge in [-0.1, -0.05) is 48.0 Å². The SMILES string of the molecule is CC(C)CC(C)(C)C.CCCCOC(C)=O. The summed E-state index contributed by atoms with van der Waals surface area (Å²) in [6.07, 6.45) is 3.37. The maximum Gasteiger partial charge on any atom is 0.302 e. The van der Waals surface area contributed by atoms with Gasteiger partial charge in [-0.15, -0.1) is 0 Å². The van der Waals surface area contributed by atoms with E-state index in [0.29, 0.717) is 12.0 Å². The Morgan fingerprint density at radius 3 is 1.94 bits per heavy atom. The Kier molecular flexibility index (Phi) is 10.8. The molecule has 0 atom stereocenters. The molecule has 0 saturated carbocycles. The fourth-order valence-corrected chi connectivity index (χ4v) is 1.58. The first-order chi connectivity index (χ1) is 7.19. The normalized spacial score (nSPS) is 10.8. The van der Waals surface area contributed by atoms with Crippen LogP contribution in [0.15, 0.2) is 0 Å². The zero-order chi connectivity index (χ0) is 13.2. The Hall–Kier alpha value is -0.530. The lowest BCUT2D eigenvalue weighted by Gasteiger charge is -2.19. The van der Waals surface area contributed by atoms with Gasteiger partial charge in [-0.3, -0.25) is 4.79 Å². The molecule has 0 spiro atoms. The van der Waals surface area contributed by atoms with Crippen LogP contribution in [0.5, 0.6) is 0 Å². The fraction of sp³-hybridized carbons (Fsp3) is 0.929. The van der Waals surface area contributed by atoms with Crippen LogP contribution in [0.1, 0.15) is 67.7 Å². The highest BCUT2D eigenvalue weighted by Crippen LogP contribution is 2.23. The highest BCUT2D eigenvalue weighted by atomic mass is 16.5. The topological polar surface area (TPSA) is 26.3 Å². The van der Waals surface area contributed by atoms with Crippen LogP contribution in [-0.4, -0.2) is 12.6 Å². The molecule has 0 radical (unpaired) electrons. The molecule has 0 aromatic carbocycles. The van der Waals surface area contributed by atoms with Crippen LogP contribution in [0.2, 0.25) is 0 Å². The molecule has 0 saturated heterocycles. The maximum absolute atomic E-state index is 10.1. The summed E-state index contributed by atoms with van der Waals surface area (Å²) in [7, 11) is 0. The van der Waals surface area contributed by atoms with E-state index in [0.717, 1.165) is 18.8 Å². The van der Waals surface area contributed by atoms with Gasteiger partial charge in [0.2, 0.25) is 0 Å². The van der Waals surface area contributed by atoms with Crippen molar-refractivity contribution in [1.29, 1.82) is 0 Å². The predicted molar refractivity (Wildman–Crippen MR) is 70.5 cm³/mol.